The Morgan fingerprint density at radius 1 is 1.08 bits per heavy atom. The Labute approximate surface area is 162 Å². The van der Waals surface area contributed by atoms with E-state index in [1.54, 1.807) is 17.0 Å². The minimum atomic E-state index is -0.0947. The zero-order valence-corrected chi connectivity index (χ0v) is 16.7. The Balaban J connectivity index is 1.72. The zero-order chi connectivity index (χ0) is 18.9. The van der Waals surface area contributed by atoms with Crippen LogP contribution in [0.1, 0.15) is 43.0 Å². The van der Waals surface area contributed by atoms with Gasteiger partial charge >= 0.3 is 0 Å². The fourth-order valence-corrected chi connectivity index (χ4v) is 3.18. The standard InChI is InChI=1S/C19H26BrN3O3/c1-2-10-21-17(24)7-11-22-18(25)14-8-12-23(13-9-14)19(26)15-3-5-16(20)6-4-15/h3-6,14H,2,7-13H2,1H3,(H,21,24)(H,22,25). The molecule has 3 amide bonds. The van der Waals surface area contributed by atoms with E-state index in [0.29, 0.717) is 51.0 Å². The number of carbonyl (C=O) groups is 3. The van der Waals surface area contributed by atoms with Crippen LogP contribution in [0.5, 0.6) is 0 Å². The van der Waals surface area contributed by atoms with Crippen molar-refractivity contribution in [3.8, 4) is 0 Å². The highest BCUT2D eigenvalue weighted by Crippen LogP contribution is 2.20. The lowest BCUT2D eigenvalue weighted by Gasteiger charge is -2.31. The molecule has 0 bridgehead atoms. The summed E-state index contributed by atoms with van der Waals surface area (Å²) < 4.78 is 0.938. The molecule has 2 rings (SSSR count). The number of hydrogen-bond donors (Lipinski definition) is 2. The van der Waals surface area contributed by atoms with Crippen LogP contribution in [0.2, 0.25) is 0 Å². The minimum Gasteiger partial charge on any atom is -0.356 e. The molecule has 6 nitrogen and oxygen atoms in total. The van der Waals surface area contributed by atoms with E-state index in [2.05, 4.69) is 26.6 Å². The summed E-state index contributed by atoms with van der Waals surface area (Å²) in [5.74, 6) is -0.155. The van der Waals surface area contributed by atoms with Gasteiger partial charge in [-0.3, -0.25) is 14.4 Å². The number of amides is 3. The lowest BCUT2D eigenvalue weighted by Crippen LogP contribution is -2.43. The van der Waals surface area contributed by atoms with Gasteiger partial charge in [0.1, 0.15) is 0 Å². The molecule has 0 unspecified atom stereocenters. The molecule has 0 atom stereocenters. The molecule has 0 spiro atoms. The number of nitrogens with one attached hydrogen (secondary N) is 2. The van der Waals surface area contributed by atoms with E-state index in [-0.39, 0.29) is 23.6 Å². The normalized spacial score (nSPS) is 14.8. The van der Waals surface area contributed by atoms with Gasteiger partial charge in [0.15, 0.2) is 0 Å². The second kappa shape index (κ2) is 10.3. The van der Waals surface area contributed by atoms with E-state index in [4.69, 9.17) is 0 Å². The molecule has 0 saturated carbocycles. The number of halogens is 1. The third-order valence-electron chi connectivity index (χ3n) is 4.47. The number of carbonyl (C=O) groups excluding carboxylic acids is 3. The van der Waals surface area contributed by atoms with Gasteiger partial charge in [-0.05, 0) is 43.5 Å². The van der Waals surface area contributed by atoms with Crippen LogP contribution < -0.4 is 10.6 Å². The third-order valence-corrected chi connectivity index (χ3v) is 5.00. The molecule has 142 valence electrons. The van der Waals surface area contributed by atoms with Gasteiger partial charge in [0, 0.05) is 48.6 Å². The van der Waals surface area contributed by atoms with Crippen LogP contribution in [0.3, 0.4) is 0 Å². The van der Waals surface area contributed by atoms with Crippen LogP contribution in [0.25, 0.3) is 0 Å². The number of rotatable bonds is 7. The quantitative estimate of drug-likeness (QED) is 0.706. The molecule has 2 N–H and O–H groups in total. The van der Waals surface area contributed by atoms with E-state index >= 15 is 0 Å². The van der Waals surface area contributed by atoms with E-state index in [1.165, 1.54) is 0 Å². The number of hydrogen-bond acceptors (Lipinski definition) is 3. The monoisotopic (exact) mass is 423 g/mol. The minimum absolute atomic E-state index is 0.00366. The molecule has 7 heteroatoms. The lowest BCUT2D eigenvalue weighted by atomic mass is 9.95. The van der Waals surface area contributed by atoms with Gasteiger partial charge in [-0.1, -0.05) is 22.9 Å². The summed E-state index contributed by atoms with van der Waals surface area (Å²) in [6.07, 6.45) is 2.49. The summed E-state index contributed by atoms with van der Waals surface area (Å²) in [4.78, 5) is 38.0. The summed E-state index contributed by atoms with van der Waals surface area (Å²) in [6.45, 7) is 4.16. The van der Waals surface area contributed by atoms with Crippen molar-refractivity contribution in [2.45, 2.75) is 32.6 Å². The zero-order valence-electron chi connectivity index (χ0n) is 15.1. The molecule has 1 saturated heterocycles. The topological polar surface area (TPSA) is 78.5 Å². The van der Waals surface area contributed by atoms with E-state index in [0.717, 1.165) is 10.9 Å². The van der Waals surface area contributed by atoms with Gasteiger partial charge in [-0.25, -0.2) is 0 Å². The van der Waals surface area contributed by atoms with Gasteiger partial charge in [-0.2, -0.15) is 0 Å². The van der Waals surface area contributed by atoms with Crippen LogP contribution in [0, 0.1) is 5.92 Å². The summed E-state index contributed by atoms with van der Waals surface area (Å²) in [7, 11) is 0. The van der Waals surface area contributed by atoms with E-state index < -0.39 is 0 Å². The van der Waals surface area contributed by atoms with Crippen LogP contribution in [0.15, 0.2) is 28.7 Å². The molecule has 1 aliphatic rings. The summed E-state index contributed by atoms with van der Waals surface area (Å²) >= 11 is 3.36. The maximum Gasteiger partial charge on any atom is 0.253 e. The van der Waals surface area contributed by atoms with Crippen LogP contribution in [-0.2, 0) is 9.59 Å². The van der Waals surface area contributed by atoms with Crippen molar-refractivity contribution in [1.29, 1.82) is 0 Å². The summed E-state index contributed by atoms with van der Waals surface area (Å²) in [6, 6.07) is 7.30. The molecule has 1 aromatic carbocycles. The molecule has 1 fully saturated rings. The number of nitrogens with zero attached hydrogens (tertiary/aromatic N) is 1. The first kappa shape index (κ1) is 20.4. The van der Waals surface area contributed by atoms with E-state index in [1.807, 2.05) is 19.1 Å². The predicted octanol–water partition coefficient (Wildman–Crippen LogP) is 2.33. The molecule has 1 aromatic rings. The van der Waals surface area contributed by atoms with E-state index in [9.17, 15) is 14.4 Å². The first-order chi connectivity index (χ1) is 12.5. The van der Waals surface area contributed by atoms with Gasteiger partial charge in [0.25, 0.3) is 5.91 Å². The maximum atomic E-state index is 12.5. The predicted molar refractivity (Wildman–Crippen MR) is 104 cm³/mol. The highest BCUT2D eigenvalue weighted by Gasteiger charge is 2.27. The summed E-state index contributed by atoms with van der Waals surface area (Å²) in [5.41, 5.74) is 0.661. The molecular weight excluding hydrogens is 398 g/mol. The molecule has 1 heterocycles. The Morgan fingerprint density at radius 2 is 1.73 bits per heavy atom. The van der Waals surface area contributed by atoms with Crippen LogP contribution in [0.4, 0.5) is 0 Å². The Bertz CT molecular complexity index is 625. The highest BCUT2D eigenvalue weighted by atomic mass is 79.9. The van der Waals surface area contributed by atoms with Crippen molar-refractivity contribution in [1.82, 2.24) is 15.5 Å². The average Bonchev–Trinajstić information content (AvgIpc) is 2.66. The molecule has 1 aliphatic heterocycles. The van der Waals surface area contributed by atoms with Crippen molar-refractivity contribution in [2.24, 2.45) is 5.92 Å². The highest BCUT2D eigenvalue weighted by molar-refractivity contribution is 9.10. The van der Waals surface area contributed by atoms with Gasteiger partial charge < -0.3 is 15.5 Å². The molecule has 26 heavy (non-hydrogen) atoms. The second-order valence-electron chi connectivity index (χ2n) is 6.46. The molecule has 0 aromatic heterocycles. The first-order valence-electron chi connectivity index (χ1n) is 9.10. The lowest BCUT2D eigenvalue weighted by molar-refractivity contribution is -0.126. The van der Waals surface area contributed by atoms with Crippen LogP contribution >= 0.6 is 15.9 Å². The van der Waals surface area contributed by atoms with Crippen molar-refractivity contribution in [3.05, 3.63) is 34.3 Å². The molecule has 0 aliphatic carbocycles. The van der Waals surface area contributed by atoms with Crippen molar-refractivity contribution >= 4 is 33.7 Å². The Hall–Kier alpha value is -1.89. The summed E-state index contributed by atoms with van der Waals surface area (Å²) in [5, 5.41) is 5.62. The first-order valence-corrected chi connectivity index (χ1v) is 9.89. The maximum absolute atomic E-state index is 12.5. The molecule has 0 radical (unpaired) electrons. The fourth-order valence-electron chi connectivity index (χ4n) is 2.92. The Kier molecular flexibility index (Phi) is 8.09. The second-order valence-corrected chi connectivity index (χ2v) is 7.38. The van der Waals surface area contributed by atoms with Crippen molar-refractivity contribution < 1.29 is 14.4 Å². The van der Waals surface area contributed by atoms with Gasteiger partial charge in [0.05, 0.1) is 0 Å². The van der Waals surface area contributed by atoms with Gasteiger partial charge in [-0.15, -0.1) is 0 Å². The number of likely N-dealkylation sites (tertiary alicyclic amines) is 1. The largest absolute Gasteiger partial charge is 0.356 e. The SMILES string of the molecule is CCCNC(=O)CCNC(=O)C1CCN(C(=O)c2ccc(Br)cc2)CC1. The van der Waals surface area contributed by atoms with Crippen molar-refractivity contribution in [2.75, 3.05) is 26.2 Å². The fraction of sp³-hybridized carbons (Fsp3) is 0.526. The number of piperidine rings is 1. The average molecular weight is 424 g/mol. The molecular formula is C19H26BrN3O3. The third kappa shape index (κ3) is 6.12. The van der Waals surface area contributed by atoms with Gasteiger partial charge in [0.2, 0.25) is 11.8 Å². The number of benzene rings is 1. The Morgan fingerprint density at radius 3 is 2.35 bits per heavy atom. The van der Waals surface area contributed by atoms with Crippen LogP contribution in [-0.4, -0.2) is 48.8 Å². The smallest absolute Gasteiger partial charge is 0.253 e. The van der Waals surface area contributed by atoms with Crippen molar-refractivity contribution in [3.63, 3.8) is 0 Å².